The van der Waals surface area contributed by atoms with Crippen molar-refractivity contribution in [2.75, 3.05) is 18.8 Å². The Labute approximate surface area is 160 Å². The second-order valence-electron chi connectivity index (χ2n) is 6.83. The van der Waals surface area contributed by atoms with Gasteiger partial charge in [-0.2, -0.15) is 0 Å². The fourth-order valence-corrected chi connectivity index (χ4v) is 4.56. The molecule has 2 heterocycles. The van der Waals surface area contributed by atoms with E-state index in [4.69, 9.17) is 4.42 Å². The lowest BCUT2D eigenvalue weighted by molar-refractivity contribution is -0.138. The molecule has 0 aliphatic carbocycles. The van der Waals surface area contributed by atoms with Crippen LogP contribution in [0.2, 0.25) is 0 Å². The van der Waals surface area contributed by atoms with Gasteiger partial charge in [0.2, 0.25) is 15.9 Å². The van der Waals surface area contributed by atoms with Crippen LogP contribution in [0.25, 0.3) is 0 Å². The number of carbonyl (C=O) groups excluding carboxylic acids is 1. The molecule has 146 valence electrons. The van der Waals surface area contributed by atoms with Crippen molar-refractivity contribution >= 4 is 15.9 Å². The number of benzene rings is 1. The zero-order valence-electron chi connectivity index (χ0n) is 15.6. The molecule has 1 aromatic heterocycles. The molecule has 1 fully saturated rings. The number of sulfonamides is 1. The summed E-state index contributed by atoms with van der Waals surface area (Å²) in [7, 11) is -3.19. The lowest BCUT2D eigenvalue weighted by atomic mass is 9.96. The molecule has 2 aromatic rings. The molecule has 0 saturated carbocycles. The summed E-state index contributed by atoms with van der Waals surface area (Å²) in [5, 5.41) is 0. The fraction of sp³-hybridized carbons (Fsp3) is 0.450. The average Bonchev–Trinajstić information content (AvgIpc) is 3.21. The third kappa shape index (κ3) is 4.99. The Hall–Kier alpha value is -2.12. The highest BCUT2D eigenvalue weighted by Gasteiger charge is 2.32. The van der Waals surface area contributed by atoms with Gasteiger partial charge in [-0.15, -0.1) is 0 Å². The SMILES string of the molecule is CCS(=O)(=O)N1CCC(C(=O)N(Cc2ccccc2)Cc2ccco2)CC1. The molecule has 0 N–H and O–H groups in total. The Morgan fingerprint density at radius 2 is 1.81 bits per heavy atom. The summed E-state index contributed by atoms with van der Waals surface area (Å²) >= 11 is 0. The van der Waals surface area contributed by atoms with Crippen molar-refractivity contribution in [1.82, 2.24) is 9.21 Å². The number of nitrogens with zero attached hydrogens (tertiary/aromatic N) is 2. The maximum Gasteiger partial charge on any atom is 0.226 e. The van der Waals surface area contributed by atoms with Crippen molar-refractivity contribution in [1.29, 1.82) is 0 Å². The van der Waals surface area contributed by atoms with E-state index < -0.39 is 10.0 Å². The molecule has 1 saturated heterocycles. The Morgan fingerprint density at radius 3 is 2.41 bits per heavy atom. The number of carbonyl (C=O) groups is 1. The smallest absolute Gasteiger partial charge is 0.226 e. The van der Waals surface area contributed by atoms with Crippen LogP contribution in [-0.4, -0.2) is 42.4 Å². The van der Waals surface area contributed by atoms with Crippen LogP contribution in [0.4, 0.5) is 0 Å². The summed E-state index contributed by atoms with van der Waals surface area (Å²) in [5.74, 6) is 0.741. The number of furan rings is 1. The van der Waals surface area contributed by atoms with Crippen LogP contribution >= 0.6 is 0 Å². The molecule has 6 nitrogen and oxygen atoms in total. The Morgan fingerprint density at radius 1 is 1.11 bits per heavy atom. The summed E-state index contributed by atoms with van der Waals surface area (Å²) in [4.78, 5) is 15.0. The zero-order chi connectivity index (χ0) is 19.3. The van der Waals surface area contributed by atoms with Gasteiger partial charge in [-0.3, -0.25) is 4.79 Å². The van der Waals surface area contributed by atoms with Crippen LogP contribution in [0, 0.1) is 5.92 Å². The molecular weight excluding hydrogens is 364 g/mol. The minimum absolute atomic E-state index is 0.0591. The monoisotopic (exact) mass is 390 g/mol. The molecular formula is C20H26N2O4S. The maximum atomic E-state index is 13.2. The Kier molecular flexibility index (Phi) is 6.34. The van der Waals surface area contributed by atoms with Crippen molar-refractivity contribution in [3.8, 4) is 0 Å². The lowest BCUT2D eigenvalue weighted by Gasteiger charge is -2.33. The normalized spacial score (nSPS) is 16.3. The minimum Gasteiger partial charge on any atom is -0.467 e. The summed E-state index contributed by atoms with van der Waals surface area (Å²) in [6.45, 7) is 3.39. The largest absolute Gasteiger partial charge is 0.467 e. The van der Waals surface area contributed by atoms with E-state index in [0.29, 0.717) is 39.0 Å². The zero-order valence-corrected chi connectivity index (χ0v) is 16.4. The van der Waals surface area contributed by atoms with Crippen LogP contribution in [0.15, 0.2) is 53.1 Å². The molecule has 1 amide bonds. The van der Waals surface area contributed by atoms with E-state index in [1.54, 1.807) is 13.2 Å². The number of rotatable bonds is 7. The van der Waals surface area contributed by atoms with E-state index >= 15 is 0 Å². The highest BCUT2D eigenvalue weighted by atomic mass is 32.2. The van der Waals surface area contributed by atoms with Crippen LogP contribution in [-0.2, 0) is 27.9 Å². The highest BCUT2D eigenvalue weighted by Crippen LogP contribution is 2.24. The average molecular weight is 391 g/mol. The van der Waals surface area contributed by atoms with Gasteiger partial charge in [0.05, 0.1) is 18.6 Å². The Balaban J connectivity index is 1.69. The molecule has 3 rings (SSSR count). The third-order valence-corrected chi connectivity index (χ3v) is 6.90. The number of amides is 1. The van der Waals surface area contributed by atoms with Crippen molar-refractivity contribution in [2.45, 2.75) is 32.9 Å². The van der Waals surface area contributed by atoms with Crippen LogP contribution in [0.3, 0.4) is 0 Å². The number of hydrogen-bond donors (Lipinski definition) is 0. The quantitative estimate of drug-likeness (QED) is 0.729. The molecule has 1 aliphatic heterocycles. The first-order chi connectivity index (χ1) is 13.0. The predicted octanol–water partition coefficient (Wildman–Crippen LogP) is 2.87. The van der Waals surface area contributed by atoms with E-state index in [2.05, 4.69) is 0 Å². The first-order valence-electron chi connectivity index (χ1n) is 9.32. The lowest BCUT2D eigenvalue weighted by Crippen LogP contribution is -2.44. The summed E-state index contributed by atoms with van der Waals surface area (Å²) in [5.41, 5.74) is 1.06. The number of piperidine rings is 1. The molecule has 7 heteroatoms. The molecule has 27 heavy (non-hydrogen) atoms. The van der Waals surface area contributed by atoms with Gasteiger partial charge in [-0.1, -0.05) is 30.3 Å². The van der Waals surface area contributed by atoms with Crippen LogP contribution in [0.5, 0.6) is 0 Å². The topological polar surface area (TPSA) is 70.8 Å². The minimum atomic E-state index is -3.19. The van der Waals surface area contributed by atoms with Gasteiger partial charge in [0.15, 0.2) is 0 Å². The van der Waals surface area contributed by atoms with E-state index in [1.807, 2.05) is 47.4 Å². The Bertz CT molecular complexity index is 826. The molecule has 0 spiro atoms. The predicted molar refractivity (Wildman–Crippen MR) is 103 cm³/mol. The van der Waals surface area contributed by atoms with Crippen molar-refractivity contribution in [3.63, 3.8) is 0 Å². The van der Waals surface area contributed by atoms with Gasteiger partial charge in [0, 0.05) is 25.6 Å². The molecule has 0 bridgehead atoms. The van der Waals surface area contributed by atoms with E-state index in [0.717, 1.165) is 11.3 Å². The summed E-state index contributed by atoms with van der Waals surface area (Å²) in [6.07, 6.45) is 2.72. The van der Waals surface area contributed by atoms with Crippen LogP contribution < -0.4 is 0 Å². The number of hydrogen-bond acceptors (Lipinski definition) is 4. The highest BCUT2D eigenvalue weighted by molar-refractivity contribution is 7.89. The standard InChI is InChI=1S/C20H26N2O4S/c1-2-27(24,25)22-12-10-18(11-13-22)20(23)21(16-19-9-6-14-26-19)15-17-7-4-3-5-8-17/h3-9,14,18H,2,10-13,15-16H2,1H3. The molecule has 0 unspecified atom stereocenters. The summed E-state index contributed by atoms with van der Waals surface area (Å²) < 4.78 is 31.0. The van der Waals surface area contributed by atoms with E-state index in [-0.39, 0.29) is 17.6 Å². The van der Waals surface area contributed by atoms with Crippen LogP contribution in [0.1, 0.15) is 31.1 Å². The van der Waals surface area contributed by atoms with Crippen molar-refractivity contribution in [2.24, 2.45) is 5.92 Å². The maximum absolute atomic E-state index is 13.2. The second-order valence-corrected chi connectivity index (χ2v) is 9.09. The van der Waals surface area contributed by atoms with Crippen molar-refractivity contribution in [3.05, 3.63) is 60.1 Å². The van der Waals surface area contributed by atoms with E-state index in [1.165, 1.54) is 4.31 Å². The van der Waals surface area contributed by atoms with E-state index in [9.17, 15) is 13.2 Å². The van der Waals surface area contributed by atoms with Gasteiger partial charge >= 0.3 is 0 Å². The van der Waals surface area contributed by atoms with Gasteiger partial charge in [-0.25, -0.2) is 12.7 Å². The molecule has 1 aliphatic rings. The molecule has 0 radical (unpaired) electrons. The second kappa shape index (κ2) is 8.71. The van der Waals surface area contributed by atoms with Gasteiger partial charge < -0.3 is 9.32 Å². The van der Waals surface area contributed by atoms with Gasteiger partial charge in [0.1, 0.15) is 5.76 Å². The molecule has 0 atom stereocenters. The first-order valence-corrected chi connectivity index (χ1v) is 10.9. The van der Waals surface area contributed by atoms with Gasteiger partial charge in [-0.05, 0) is 37.5 Å². The van der Waals surface area contributed by atoms with Crippen molar-refractivity contribution < 1.29 is 17.6 Å². The first kappa shape index (κ1) is 19.6. The fourth-order valence-electron chi connectivity index (χ4n) is 3.43. The van der Waals surface area contributed by atoms with Gasteiger partial charge in [0.25, 0.3) is 0 Å². The third-order valence-electron chi connectivity index (χ3n) is 5.02. The molecule has 1 aromatic carbocycles. The summed E-state index contributed by atoms with van der Waals surface area (Å²) in [6, 6.07) is 13.5.